The van der Waals surface area contributed by atoms with Gasteiger partial charge in [0.25, 0.3) is 10.0 Å². The molecule has 0 N–H and O–H groups in total. The van der Waals surface area contributed by atoms with E-state index < -0.39 is 16.0 Å². The van der Waals surface area contributed by atoms with E-state index in [1.54, 1.807) is 6.92 Å². The minimum Gasteiger partial charge on any atom is -0.466 e. The quantitative estimate of drug-likeness (QED) is 0.196. The molecule has 0 bridgehead atoms. The number of sulfonamides is 1. The molecule has 1 heterocycles. The van der Waals surface area contributed by atoms with Gasteiger partial charge < -0.3 is 4.74 Å². The van der Waals surface area contributed by atoms with Crippen molar-refractivity contribution in [3.63, 3.8) is 0 Å². The van der Waals surface area contributed by atoms with E-state index in [4.69, 9.17) is 4.74 Å². The molecule has 2 rings (SSSR count). The molecule has 184 valence electrons. The summed E-state index contributed by atoms with van der Waals surface area (Å²) in [7, 11) is -3.91. The molecule has 7 nitrogen and oxygen atoms in total. The second-order valence-corrected chi connectivity index (χ2v) is 10.5. The van der Waals surface area contributed by atoms with Crippen LogP contribution in [0, 0.1) is 5.92 Å². The first kappa shape index (κ1) is 27.0. The zero-order chi connectivity index (χ0) is 24.4. The molecule has 0 radical (unpaired) electrons. The molecule has 0 amide bonds. The van der Waals surface area contributed by atoms with Gasteiger partial charge in [0.1, 0.15) is 17.2 Å². The van der Waals surface area contributed by atoms with Crippen LogP contribution < -0.4 is 0 Å². The number of Topliss-reactive ketones (excluding diaryl/α,β-unsaturated/α-hetero) is 1. The van der Waals surface area contributed by atoms with Crippen molar-refractivity contribution >= 4 is 33.3 Å². The summed E-state index contributed by atoms with van der Waals surface area (Å²) < 4.78 is 33.6. The van der Waals surface area contributed by atoms with Crippen molar-refractivity contribution < 1.29 is 22.7 Å². The molecule has 0 aromatic heterocycles. The van der Waals surface area contributed by atoms with E-state index in [0.29, 0.717) is 12.1 Å². The fraction of sp³-hybridized carbons (Fsp3) is 0.640. The minimum absolute atomic E-state index is 0.0698. The number of carbonyl (C=O) groups excluding carboxylic acids is 2. The van der Waals surface area contributed by atoms with Crippen LogP contribution in [0.15, 0.2) is 28.1 Å². The third-order valence-corrected chi connectivity index (χ3v) is 7.78. The monoisotopic (exact) mass is 478 g/mol. The number of ether oxygens (including phenoxy) is 1. The van der Waals surface area contributed by atoms with Crippen LogP contribution in [-0.4, -0.2) is 43.5 Å². The van der Waals surface area contributed by atoms with E-state index in [1.165, 1.54) is 35.8 Å². The van der Waals surface area contributed by atoms with Gasteiger partial charge in [0.05, 0.1) is 12.3 Å². The number of esters is 1. The maximum absolute atomic E-state index is 13.6. The molecule has 1 aromatic carbocycles. The smallest absolute Gasteiger partial charge is 0.313 e. The zero-order valence-corrected chi connectivity index (χ0v) is 21.2. The maximum Gasteiger partial charge on any atom is 0.313 e. The van der Waals surface area contributed by atoms with Gasteiger partial charge in [-0.2, -0.15) is 0 Å². The molecule has 0 spiro atoms. The summed E-state index contributed by atoms with van der Waals surface area (Å²) in [5.74, 6) is -0.346. The number of aliphatic imine (C=N–C) groups is 1. The lowest BCUT2D eigenvalue weighted by Crippen LogP contribution is -2.43. The van der Waals surface area contributed by atoms with Crippen molar-refractivity contribution in [3.05, 3.63) is 23.8 Å². The highest BCUT2D eigenvalue weighted by molar-refractivity contribution is 7.90. The third kappa shape index (κ3) is 7.39. The number of fused-ring (bicyclic) bond motifs is 1. The van der Waals surface area contributed by atoms with E-state index >= 15 is 0 Å². The number of hydrogen-bond donors (Lipinski definition) is 0. The maximum atomic E-state index is 13.6. The zero-order valence-electron chi connectivity index (χ0n) is 20.4. The summed E-state index contributed by atoms with van der Waals surface area (Å²) in [5, 5.41) is 0. The first-order valence-electron chi connectivity index (χ1n) is 12.1. The van der Waals surface area contributed by atoms with Crippen molar-refractivity contribution in [3.8, 4) is 0 Å². The predicted molar refractivity (Wildman–Crippen MR) is 130 cm³/mol. The number of amidine groups is 1. The van der Waals surface area contributed by atoms with Crippen molar-refractivity contribution in [2.24, 2.45) is 10.9 Å². The largest absolute Gasteiger partial charge is 0.466 e. The summed E-state index contributed by atoms with van der Waals surface area (Å²) in [5.41, 5.74) is 0.583. The van der Waals surface area contributed by atoms with Gasteiger partial charge in [-0.3, -0.25) is 13.9 Å². The number of hydrogen-bond acceptors (Lipinski definition) is 6. The summed E-state index contributed by atoms with van der Waals surface area (Å²) >= 11 is 0. The Hall–Kier alpha value is -2.22. The van der Waals surface area contributed by atoms with Gasteiger partial charge in [-0.05, 0) is 50.8 Å². The topological polar surface area (TPSA) is 93.1 Å². The van der Waals surface area contributed by atoms with Crippen molar-refractivity contribution in [2.45, 2.75) is 90.4 Å². The standard InChI is InChI=1S/C25H38N2O5S/c1-5-8-10-11-13-20(12-9-6-2)18-27-24(17-25(29)32-7-3)26-22-16-21(19(4)28)14-15-23(22)33(27,30)31/h14-16,20H,5-13,17-18H2,1-4H3. The lowest BCUT2D eigenvalue weighted by Gasteiger charge is -2.32. The SMILES string of the molecule is CCCCCCC(CCCC)CN1C(CC(=O)OCC)=Nc2cc(C(C)=O)ccc2S1(=O)=O. The molecular weight excluding hydrogens is 440 g/mol. The number of ketones is 1. The van der Waals surface area contributed by atoms with Gasteiger partial charge in [-0.15, -0.1) is 0 Å². The molecule has 1 aliphatic rings. The molecule has 0 saturated carbocycles. The molecule has 1 aromatic rings. The van der Waals surface area contributed by atoms with Crippen LogP contribution in [0.1, 0.15) is 95.8 Å². The highest BCUT2D eigenvalue weighted by Gasteiger charge is 2.36. The van der Waals surface area contributed by atoms with E-state index in [1.807, 2.05) is 0 Å². The van der Waals surface area contributed by atoms with Crippen LogP contribution in [0.5, 0.6) is 0 Å². The summed E-state index contributed by atoms with van der Waals surface area (Å²) in [4.78, 5) is 28.7. The average Bonchev–Trinajstić information content (AvgIpc) is 2.76. The number of benzene rings is 1. The Labute approximate surface area is 198 Å². The average molecular weight is 479 g/mol. The fourth-order valence-electron chi connectivity index (χ4n) is 4.08. The molecule has 33 heavy (non-hydrogen) atoms. The van der Waals surface area contributed by atoms with Crippen LogP contribution in [0.25, 0.3) is 0 Å². The first-order chi connectivity index (χ1) is 15.7. The van der Waals surface area contributed by atoms with Gasteiger partial charge in [0.15, 0.2) is 5.78 Å². The Morgan fingerprint density at radius 3 is 2.36 bits per heavy atom. The van der Waals surface area contributed by atoms with Gasteiger partial charge in [-0.25, -0.2) is 13.4 Å². The third-order valence-electron chi connectivity index (χ3n) is 5.93. The summed E-state index contributed by atoms with van der Waals surface area (Å²) in [6, 6.07) is 4.44. The molecular formula is C25H38N2O5S. The Morgan fingerprint density at radius 1 is 1.03 bits per heavy atom. The second kappa shape index (κ2) is 12.9. The number of carbonyl (C=O) groups is 2. The van der Waals surface area contributed by atoms with Crippen molar-refractivity contribution in [1.29, 1.82) is 0 Å². The Morgan fingerprint density at radius 2 is 1.73 bits per heavy atom. The van der Waals surface area contributed by atoms with Crippen LogP contribution in [0.4, 0.5) is 5.69 Å². The van der Waals surface area contributed by atoms with Gasteiger partial charge in [0, 0.05) is 12.1 Å². The van der Waals surface area contributed by atoms with Gasteiger partial charge >= 0.3 is 5.97 Å². The van der Waals surface area contributed by atoms with Gasteiger partial charge in [-0.1, -0.05) is 52.4 Å². The van der Waals surface area contributed by atoms with Crippen LogP contribution in [-0.2, 0) is 19.6 Å². The lowest BCUT2D eigenvalue weighted by molar-refractivity contribution is -0.141. The second-order valence-electron chi connectivity index (χ2n) is 8.64. The Bertz CT molecular complexity index is 956. The number of rotatable bonds is 14. The van der Waals surface area contributed by atoms with Crippen molar-refractivity contribution in [1.82, 2.24) is 4.31 Å². The Balaban J connectivity index is 2.41. The molecule has 0 fully saturated rings. The molecule has 0 aliphatic carbocycles. The first-order valence-corrected chi connectivity index (χ1v) is 13.6. The molecule has 0 saturated heterocycles. The van der Waals surface area contributed by atoms with Crippen LogP contribution >= 0.6 is 0 Å². The summed E-state index contributed by atoms with van der Waals surface area (Å²) in [6.45, 7) is 7.93. The lowest BCUT2D eigenvalue weighted by atomic mass is 9.95. The minimum atomic E-state index is -3.91. The fourth-order valence-corrected chi connectivity index (χ4v) is 5.72. The summed E-state index contributed by atoms with van der Waals surface area (Å²) in [6.07, 6.45) is 8.21. The highest BCUT2D eigenvalue weighted by atomic mass is 32.2. The number of unbranched alkanes of at least 4 members (excludes halogenated alkanes) is 4. The van der Waals surface area contributed by atoms with E-state index in [-0.39, 0.29) is 41.1 Å². The van der Waals surface area contributed by atoms with E-state index in [2.05, 4.69) is 18.8 Å². The van der Waals surface area contributed by atoms with Crippen LogP contribution in [0.3, 0.4) is 0 Å². The van der Waals surface area contributed by atoms with E-state index in [0.717, 1.165) is 44.9 Å². The van der Waals surface area contributed by atoms with Crippen LogP contribution in [0.2, 0.25) is 0 Å². The predicted octanol–water partition coefficient (Wildman–Crippen LogP) is 5.65. The van der Waals surface area contributed by atoms with Crippen molar-refractivity contribution in [2.75, 3.05) is 13.2 Å². The van der Waals surface area contributed by atoms with E-state index in [9.17, 15) is 18.0 Å². The molecule has 1 unspecified atom stereocenters. The highest BCUT2D eigenvalue weighted by Crippen LogP contribution is 2.35. The Kier molecular flexibility index (Phi) is 10.5. The molecule has 1 atom stereocenters. The molecule has 8 heteroatoms. The number of nitrogens with zero attached hydrogens (tertiary/aromatic N) is 2. The van der Waals surface area contributed by atoms with Gasteiger partial charge in [0.2, 0.25) is 0 Å². The molecule has 1 aliphatic heterocycles. The normalized spacial score (nSPS) is 15.5.